The van der Waals surface area contributed by atoms with Gasteiger partial charge in [0.15, 0.2) is 9.84 Å². The van der Waals surface area contributed by atoms with Gasteiger partial charge in [-0.05, 0) is 54.3 Å². The molecule has 3 aromatic carbocycles. The molecule has 0 aromatic heterocycles. The van der Waals surface area contributed by atoms with Crippen LogP contribution in [0.25, 0.3) is 11.1 Å². The number of rotatable bonds is 9. The molecule has 0 N–H and O–H groups in total. The molecule has 36 heavy (non-hydrogen) atoms. The zero-order valence-electron chi connectivity index (χ0n) is 20.1. The van der Waals surface area contributed by atoms with Crippen LogP contribution in [0.1, 0.15) is 42.1 Å². The van der Waals surface area contributed by atoms with Crippen LogP contribution in [0.5, 0.6) is 5.75 Å². The average molecular weight is 547 g/mol. The summed E-state index contributed by atoms with van der Waals surface area (Å²) in [7, 11) is -3.17. The van der Waals surface area contributed by atoms with Crippen molar-refractivity contribution in [2.75, 3.05) is 18.1 Å². The first-order chi connectivity index (χ1) is 17.3. The lowest BCUT2D eigenvalue weighted by Gasteiger charge is -2.29. The van der Waals surface area contributed by atoms with E-state index in [2.05, 4.69) is 6.92 Å². The van der Waals surface area contributed by atoms with Crippen LogP contribution in [-0.2, 0) is 16.4 Å². The standard InChI is InChI=1S/C28H29Cl2NO4S/c1-2-3-14-35-25-6-4-5-22(16-25)28(32)31(24-13-15-36(33,34)19-24)18-20-7-9-21(10-8-20)26-12-11-23(29)17-27(26)30/h4-12,16-17,24H,2-3,13-15,18-19H2,1H3. The number of benzene rings is 3. The minimum atomic E-state index is -3.17. The Morgan fingerprint density at radius 1 is 1.06 bits per heavy atom. The Morgan fingerprint density at radius 2 is 1.83 bits per heavy atom. The molecule has 0 aliphatic carbocycles. The molecule has 4 rings (SSSR count). The van der Waals surface area contributed by atoms with Crippen LogP contribution in [0, 0.1) is 0 Å². The summed E-state index contributed by atoms with van der Waals surface area (Å²) in [5, 5.41) is 1.13. The minimum absolute atomic E-state index is 0.0239. The number of sulfone groups is 1. The van der Waals surface area contributed by atoms with E-state index in [-0.39, 0.29) is 23.5 Å². The largest absolute Gasteiger partial charge is 0.494 e. The number of halogens is 2. The van der Waals surface area contributed by atoms with Gasteiger partial charge in [-0.1, -0.05) is 72.9 Å². The quantitative estimate of drug-likeness (QED) is 0.281. The number of carbonyl (C=O) groups excluding carboxylic acids is 1. The van der Waals surface area contributed by atoms with Crippen molar-refractivity contribution in [2.45, 2.75) is 38.8 Å². The number of carbonyl (C=O) groups is 1. The minimum Gasteiger partial charge on any atom is -0.494 e. The number of nitrogens with zero attached hydrogens (tertiary/aromatic N) is 1. The topological polar surface area (TPSA) is 63.7 Å². The Labute approximate surface area is 222 Å². The predicted molar refractivity (Wildman–Crippen MR) is 146 cm³/mol. The van der Waals surface area contributed by atoms with Crippen molar-refractivity contribution in [1.82, 2.24) is 4.90 Å². The maximum atomic E-state index is 13.6. The third-order valence-electron chi connectivity index (χ3n) is 6.31. The number of amides is 1. The second-order valence-electron chi connectivity index (χ2n) is 9.04. The van der Waals surface area contributed by atoms with Crippen molar-refractivity contribution in [2.24, 2.45) is 0 Å². The molecule has 1 aliphatic heterocycles. The summed E-state index contributed by atoms with van der Waals surface area (Å²) in [6, 6.07) is 19.9. The Morgan fingerprint density at radius 3 is 2.50 bits per heavy atom. The fourth-order valence-corrected chi connectivity index (χ4v) is 6.57. The molecular formula is C28H29Cl2NO4S. The van der Waals surface area contributed by atoms with Crippen LogP contribution < -0.4 is 4.74 Å². The number of hydrogen-bond acceptors (Lipinski definition) is 4. The lowest BCUT2D eigenvalue weighted by atomic mass is 10.0. The SMILES string of the molecule is CCCCOc1cccc(C(=O)N(Cc2ccc(-c3ccc(Cl)cc3Cl)cc2)C2CCS(=O)(=O)C2)c1. The lowest BCUT2D eigenvalue weighted by molar-refractivity contribution is 0.0680. The molecule has 1 saturated heterocycles. The van der Waals surface area contributed by atoms with Crippen molar-refractivity contribution >= 4 is 38.9 Å². The summed E-state index contributed by atoms with van der Waals surface area (Å²) in [6.45, 7) is 2.98. The van der Waals surface area contributed by atoms with Gasteiger partial charge in [0.2, 0.25) is 0 Å². The second kappa shape index (κ2) is 11.7. The molecule has 1 unspecified atom stereocenters. The van der Waals surface area contributed by atoms with E-state index in [0.29, 0.717) is 40.9 Å². The van der Waals surface area contributed by atoms with Gasteiger partial charge >= 0.3 is 0 Å². The number of ether oxygens (including phenoxy) is 1. The van der Waals surface area contributed by atoms with Gasteiger partial charge in [-0.2, -0.15) is 0 Å². The number of hydrogen-bond donors (Lipinski definition) is 0. The molecule has 0 spiro atoms. The highest BCUT2D eigenvalue weighted by Crippen LogP contribution is 2.31. The van der Waals surface area contributed by atoms with E-state index in [0.717, 1.165) is 29.5 Å². The number of unbranched alkanes of at least 4 members (excludes halogenated alkanes) is 1. The van der Waals surface area contributed by atoms with Crippen LogP contribution in [0.2, 0.25) is 10.0 Å². The molecule has 1 amide bonds. The molecule has 1 aliphatic rings. The Bertz CT molecular complexity index is 1330. The summed E-state index contributed by atoms with van der Waals surface area (Å²) in [4.78, 5) is 15.3. The third-order valence-corrected chi connectivity index (χ3v) is 8.60. The van der Waals surface area contributed by atoms with Gasteiger partial charge in [0, 0.05) is 33.8 Å². The van der Waals surface area contributed by atoms with Gasteiger partial charge in [-0.25, -0.2) is 8.42 Å². The predicted octanol–water partition coefficient (Wildman–Crippen LogP) is 6.67. The van der Waals surface area contributed by atoms with Gasteiger partial charge in [0.05, 0.1) is 18.1 Å². The molecule has 1 fully saturated rings. The smallest absolute Gasteiger partial charge is 0.254 e. The summed E-state index contributed by atoms with van der Waals surface area (Å²) < 4.78 is 30.3. The van der Waals surface area contributed by atoms with Crippen LogP contribution in [0.15, 0.2) is 66.7 Å². The van der Waals surface area contributed by atoms with Gasteiger partial charge in [0.1, 0.15) is 5.75 Å². The summed E-state index contributed by atoms with van der Waals surface area (Å²) in [5.74, 6) is 0.500. The first-order valence-electron chi connectivity index (χ1n) is 12.0. The Hall–Kier alpha value is -2.54. The summed E-state index contributed by atoms with van der Waals surface area (Å²) >= 11 is 12.4. The van der Waals surface area contributed by atoms with E-state index in [9.17, 15) is 13.2 Å². The van der Waals surface area contributed by atoms with E-state index in [1.807, 2.05) is 36.4 Å². The van der Waals surface area contributed by atoms with Gasteiger partial charge < -0.3 is 9.64 Å². The second-order valence-corrected chi connectivity index (χ2v) is 12.1. The first-order valence-corrected chi connectivity index (χ1v) is 14.6. The fourth-order valence-electron chi connectivity index (χ4n) is 4.32. The monoisotopic (exact) mass is 545 g/mol. The highest BCUT2D eigenvalue weighted by atomic mass is 35.5. The van der Waals surface area contributed by atoms with Crippen LogP contribution >= 0.6 is 23.2 Å². The molecule has 0 bridgehead atoms. The van der Waals surface area contributed by atoms with Crippen molar-refractivity contribution in [3.63, 3.8) is 0 Å². The summed E-state index contributed by atoms with van der Waals surface area (Å²) in [5.41, 5.74) is 3.18. The van der Waals surface area contributed by atoms with Crippen molar-refractivity contribution in [3.05, 3.63) is 87.9 Å². The molecule has 8 heteroatoms. The van der Waals surface area contributed by atoms with Crippen molar-refractivity contribution < 1.29 is 17.9 Å². The van der Waals surface area contributed by atoms with Crippen LogP contribution in [-0.4, -0.2) is 43.4 Å². The van der Waals surface area contributed by atoms with Gasteiger partial charge in [0.25, 0.3) is 5.91 Å². The van der Waals surface area contributed by atoms with Crippen molar-refractivity contribution in [1.29, 1.82) is 0 Å². The highest BCUT2D eigenvalue weighted by molar-refractivity contribution is 7.91. The zero-order chi connectivity index (χ0) is 25.7. The average Bonchev–Trinajstić information content (AvgIpc) is 3.22. The summed E-state index contributed by atoms with van der Waals surface area (Å²) in [6.07, 6.45) is 2.38. The van der Waals surface area contributed by atoms with E-state index >= 15 is 0 Å². The normalized spacial score (nSPS) is 16.6. The van der Waals surface area contributed by atoms with Crippen molar-refractivity contribution in [3.8, 4) is 16.9 Å². The molecule has 190 valence electrons. The molecule has 1 atom stereocenters. The molecule has 0 saturated carbocycles. The fraction of sp³-hybridized carbons (Fsp3) is 0.321. The third kappa shape index (κ3) is 6.61. The van der Waals surface area contributed by atoms with Gasteiger partial charge in [-0.15, -0.1) is 0 Å². The molecule has 0 radical (unpaired) electrons. The lowest BCUT2D eigenvalue weighted by Crippen LogP contribution is -2.40. The van der Waals surface area contributed by atoms with Crippen LogP contribution in [0.4, 0.5) is 0 Å². The molecule has 1 heterocycles. The Kier molecular flexibility index (Phi) is 8.60. The van der Waals surface area contributed by atoms with E-state index < -0.39 is 9.84 Å². The maximum Gasteiger partial charge on any atom is 0.254 e. The zero-order valence-corrected chi connectivity index (χ0v) is 22.5. The first kappa shape index (κ1) is 26.5. The van der Waals surface area contributed by atoms with E-state index in [1.54, 1.807) is 35.2 Å². The van der Waals surface area contributed by atoms with E-state index in [4.69, 9.17) is 27.9 Å². The van der Waals surface area contributed by atoms with Gasteiger partial charge in [-0.3, -0.25) is 4.79 Å². The highest BCUT2D eigenvalue weighted by Gasteiger charge is 2.35. The molecule has 5 nitrogen and oxygen atoms in total. The molecular weight excluding hydrogens is 517 g/mol. The Balaban J connectivity index is 1.58. The maximum absolute atomic E-state index is 13.6. The van der Waals surface area contributed by atoms with Crippen LogP contribution in [0.3, 0.4) is 0 Å². The molecule has 3 aromatic rings. The van der Waals surface area contributed by atoms with E-state index in [1.165, 1.54) is 0 Å².